The number of rotatable bonds is 13. The van der Waals surface area contributed by atoms with E-state index in [2.05, 4.69) is 86.8 Å². The molecular formula is C35H41NO5SSi. The standard InChI is InChI=1S/C35H41NO5SSi/c1-5-38-34(37)23-27(26-18-19-31-32(22-26)40-25-39-31)21-28-24-42-33(36-28)17-12-20-41-43(35(2,3)4,29-13-8-6-9-14-29)30-15-10-7-11-16-30/h6-11,13-16,18-19,22,24,27H,5,12,17,20-21,23,25H2,1-4H3. The minimum atomic E-state index is -2.55. The molecule has 43 heavy (non-hydrogen) atoms. The van der Waals surface area contributed by atoms with Crippen LogP contribution in [0.4, 0.5) is 0 Å². The highest BCUT2D eigenvalue weighted by molar-refractivity contribution is 7.09. The predicted octanol–water partition coefficient (Wildman–Crippen LogP) is 6.66. The zero-order valence-electron chi connectivity index (χ0n) is 25.5. The molecule has 6 nitrogen and oxygen atoms in total. The molecule has 226 valence electrons. The van der Waals surface area contributed by atoms with Crippen LogP contribution in [0.15, 0.2) is 84.2 Å². The lowest BCUT2D eigenvalue weighted by atomic mass is 9.91. The topological polar surface area (TPSA) is 66.9 Å². The van der Waals surface area contributed by atoms with Crippen LogP contribution in [0.1, 0.15) is 62.7 Å². The number of carbonyl (C=O) groups is 1. The van der Waals surface area contributed by atoms with E-state index in [1.807, 2.05) is 25.1 Å². The van der Waals surface area contributed by atoms with Crippen molar-refractivity contribution in [2.24, 2.45) is 0 Å². The summed E-state index contributed by atoms with van der Waals surface area (Å²) in [7, 11) is -2.55. The van der Waals surface area contributed by atoms with E-state index < -0.39 is 8.32 Å². The Hall–Kier alpha value is -3.46. The van der Waals surface area contributed by atoms with E-state index >= 15 is 0 Å². The normalized spacial score (nSPS) is 13.6. The summed E-state index contributed by atoms with van der Waals surface area (Å²) in [5.41, 5.74) is 2.01. The van der Waals surface area contributed by atoms with Gasteiger partial charge in [-0.05, 0) is 52.9 Å². The van der Waals surface area contributed by atoms with Crippen molar-refractivity contribution in [3.8, 4) is 11.5 Å². The summed E-state index contributed by atoms with van der Waals surface area (Å²) in [4.78, 5) is 17.4. The Morgan fingerprint density at radius 3 is 2.30 bits per heavy atom. The zero-order valence-corrected chi connectivity index (χ0v) is 27.3. The quantitative estimate of drug-likeness (QED) is 0.0952. The van der Waals surface area contributed by atoms with Crippen LogP contribution in [-0.4, -0.2) is 39.3 Å². The lowest BCUT2D eigenvalue weighted by Crippen LogP contribution is -2.66. The molecule has 3 aromatic carbocycles. The number of thiazole rings is 1. The summed E-state index contributed by atoms with van der Waals surface area (Å²) in [5.74, 6) is 1.17. The molecule has 1 aromatic heterocycles. The molecular weight excluding hydrogens is 575 g/mol. The zero-order chi connectivity index (χ0) is 30.3. The molecule has 8 heteroatoms. The average molecular weight is 616 g/mol. The smallest absolute Gasteiger partial charge is 0.306 e. The molecule has 0 saturated carbocycles. The maximum Gasteiger partial charge on any atom is 0.306 e. The number of ether oxygens (including phenoxy) is 3. The molecule has 0 saturated heterocycles. The van der Waals surface area contributed by atoms with E-state index in [4.69, 9.17) is 23.6 Å². The van der Waals surface area contributed by atoms with E-state index in [1.54, 1.807) is 11.3 Å². The fourth-order valence-corrected chi connectivity index (χ4v) is 11.4. The number of nitrogens with zero attached hydrogens (tertiary/aromatic N) is 1. The van der Waals surface area contributed by atoms with Gasteiger partial charge in [-0.1, -0.05) is 87.5 Å². The molecule has 0 amide bonds. The first kappa shape index (κ1) is 31.0. The highest BCUT2D eigenvalue weighted by atomic mass is 32.1. The van der Waals surface area contributed by atoms with Crippen LogP contribution in [0.3, 0.4) is 0 Å². The highest BCUT2D eigenvalue weighted by Crippen LogP contribution is 2.38. The van der Waals surface area contributed by atoms with Crippen LogP contribution < -0.4 is 19.8 Å². The Balaban J connectivity index is 1.27. The molecule has 0 N–H and O–H groups in total. The number of aromatic nitrogens is 1. The van der Waals surface area contributed by atoms with Gasteiger partial charge in [0.2, 0.25) is 6.79 Å². The van der Waals surface area contributed by atoms with Gasteiger partial charge in [-0.3, -0.25) is 4.79 Å². The third kappa shape index (κ3) is 7.20. The molecule has 0 spiro atoms. The molecule has 1 aliphatic rings. The molecule has 4 aromatic rings. The number of benzene rings is 3. The number of aryl methyl sites for hydroxylation is 1. The second-order valence-electron chi connectivity index (χ2n) is 11.9. The number of hydrogen-bond acceptors (Lipinski definition) is 7. The molecule has 0 aliphatic carbocycles. The predicted molar refractivity (Wildman–Crippen MR) is 174 cm³/mol. The van der Waals surface area contributed by atoms with Gasteiger partial charge in [0.15, 0.2) is 11.5 Å². The van der Waals surface area contributed by atoms with Gasteiger partial charge in [-0.2, -0.15) is 0 Å². The van der Waals surface area contributed by atoms with Crippen LogP contribution in [0.2, 0.25) is 5.04 Å². The number of hydrogen-bond donors (Lipinski definition) is 0. The minimum Gasteiger partial charge on any atom is -0.466 e. The van der Waals surface area contributed by atoms with E-state index in [0.717, 1.165) is 34.9 Å². The summed E-state index contributed by atoms with van der Waals surface area (Å²) < 4.78 is 23.4. The molecule has 5 rings (SSSR count). The third-order valence-corrected chi connectivity index (χ3v) is 13.9. The van der Waals surface area contributed by atoms with Crippen LogP contribution in [0.5, 0.6) is 11.5 Å². The van der Waals surface area contributed by atoms with Crippen LogP contribution in [-0.2, 0) is 26.8 Å². The summed E-state index contributed by atoms with van der Waals surface area (Å²) in [6.45, 7) is 9.99. The van der Waals surface area contributed by atoms with Crippen molar-refractivity contribution >= 4 is 36.0 Å². The monoisotopic (exact) mass is 615 g/mol. The number of esters is 1. The lowest BCUT2D eigenvalue weighted by molar-refractivity contribution is -0.143. The first-order valence-corrected chi connectivity index (χ1v) is 17.8. The Morgan fingerprint density at radius 1 is 0.977 bits per heavy atom. The fraction of sp³-hybridized carbons (Fsp3) is 0.371. The molecule has 0 fully saturated rings. The van der Waals surface area contributed by atoms with Crippen molar-refractivity contribution in [1.29, 1.82) is 0 Å². The summed E-state index contributed by atoms with van der Waals surface area (Å²) in [5, 5.41) is 5.74. The Labute approximate surface area is 260 Å². The Morgan fingerprint density at radius 2 is 1.65 bits per heavy atom. The first-order chi connectivity index (χ1) is 20.8. The van der Waals surface area contributed by atoms with Gasteiger partial charge in [0.25, 0.3) is 8.32 Å². The first-order valence-electron chi connectivity index (χ1n) is 15.0. The van der Waals surface area contributed by atoms with Gasteiger partial charge < -0.3 is 18.6 Å². The second kappa shape index (κ2) is 13.9. The Bertz CT molecular complexity index is 1450. The van der Waals surface area contributed by atoms with Gasteiger partial charge in [0, 0.05) is 24.3 Å². The summed E-state index contributed by atoms with van der Waals surface area (Å²) in [6.07, 6.45) is 2.65. The molecule has 0 bridgehead atoms. The van der Waals surface area contributed by atoms with Crippen LogP contribution >= 0.6 is 11.3 Å². The third-order valence-electron chi connectivity index (χ3n) is 7.91. The van der Waals surface area contributed by atoms with Crippen molar-refractivity contribution in [3.63, 3.8) is 0 Å². The number of carbonyl (C=O) groups excluding carboxylic acids is 1. The molecule has 2 heterocycles. The van der Waals surface area contributed by atoms with Crippen LogP contribution in [0.25, 0.3) is 0 Å². The van der Waals surface area contributed by atoms with Crippen LogP contribution in [0, 0.1) is 0 Å². The molecule has 1 atom stereocenters. The minimum absolute atomic E-state index is 0.0489. The number of fused-ring (bicyclic) bond motifs is 1. The largest absolute Gasteiger partial charge is 0.466 e. The molecule has 0 radical (unpaired) electrons. The molecule has 1 aliphatic heterocycles. The lowest BCUT2D eigenvalue weighted by Gasteiger charge is -2.43. The average Bonchev–Trinajstić information content (AvgIpc) is 3.66. The van der Waals surface area contributed by atoms with E-state index in [1.165, 1.54) is 10.4 Å². The van der Waals surface area contributed by atoms with E-state index in [9.17, 15) is 4.79 Å². The maximum absolute atomic E-state index is 12.5. The fourth-order valence-electron chi connectivity index (χ4n) is 5.92. The summed E-state index contributed by atoms with van der Waals surface area (Å²) in [6, 6.07) is 27.4. The van der Waals surface area contributed by atoms with Crippen molar-refractivity contribution in [2.45, 2.75) is 64.3 Å². The van der Waals surface area contributed by atoms with Gasteiger partial charge in [-0.15, -0.1) is 11.3 Å². The second-order valence-corrected chi connectivity index (χ2v) is 17.1. The van der Waals surface area contributed by atoms with Crippen molar-refractivity contribution in [1.82, 2.24) is 4.98 Å². The van der Waals surface area contributed by atoms with E-state index in [-0.39, 0.29) is 30.1 Å². The van der Waals surface area contributed by atoms with Gasteiger partial charge in [0.1, 0.15) is 0 Å². The van der Waals surface area contributed by atoms with Crippen molar-refractivity contribution in [2.75, 3.05) is 20.0 Å². The highest BCUT2D eigenvalue weighted by Gasteiger charge is 2.49. The SMILES string of the molecule is CCOC(=O)CC(Cc1csc(CCCO[Si](c2ccccc2)(c2ccccc2)C(C)(C)C)n1)c1ccc2c(c1)OCO2. The molecule has 1 unspecified atom stereocenters. The van der Waals surface area contributed by atoms with Gasteiger partial charge in [-0.25, -0.2) is 4.98 Å². The summed E-state index contributed by atoms with van der Waals surface area (Å²) >= 11 is 1.68. The van der Waals surface area contributed by atoms with Crippen molar-refractivity contribution in [3.05, 3.63) is 101 Å². The van der Waals surface area contributed by atoms with Gasteiger partial charge in [0.05, 0.1) is 23.7 Å². The van der Waals surface area contributed by atoms with Crippen molar-refractivity contribution < 1.29 is 23.4 Å². The Kier molecular flexibility index (Phi) is 10.0. The van der Waals surface area contributed by atoms with E-state index in [0.29, 0.717) is 25.4 Å². The van der Waals surface area contributed by atoms with Gasteiger partial charge >= 0.3 is 5.97 Å². The maximum atomic E-state index is 12.5.